The van der Waals surface area contributed by atoms with E-state index in [4.69, 9.17) is 20.1 Å². The van der Waals surface area contributed by atoms with Gasteiger partial charge in [0.05, 0.1) is 0 Å². The number of nitrogens with zero attached hydrogens (tertiary/aromatic N) is 1. The first-order chi connectivity index (χ1) is 8.65. The van der Waals surface area contributed by atoms with Crippen molar-refractivity contribution in [2.24, 2.45) is 5.73 Å². The van der Waals surface area contributed by atoms with E-state index >= 15 is 0 Å². The SMILES string of the molecule is CC1(C)CC(N)CC(C)(C)N1OP(=O)(O)OP(=O)(O)O. The predicted molar refractivity (Wildman–Crippen MR) is 71.2 cm³/mol. The highest BCUT2D eigenvalue weighted by Gasteiger charge is 2.49. The third-order valence-electron chi connectivity index (χ3n) is 3.02. The molecule has 0 radical (unpaired) electrons. The van der Waals surface area contributed by atoms with E-state index in [1.165, 1.54) is 5.06 Å². The maximum absolute atomic E-state index is 11.7. The molecular formula is C9H22N2O7P2. The van der Waals surface area contributed by atoms with Gasteiger partial charge in [-0.15, -0.1) is 0 Å². The molecule has 0 aromatic heterocycles. The van der Waals surface area contributed by atoms with Crippen LogP contribution in [0.25, 0.3) is 0 Å². The van der Waals surface area contributed by atoms with Gasteiger partial charge in [-0.1, -0.05) is 0 Å². The number of hydrogen-bond donors (Lipinski definition) is 4. The summed E-state index contributed by atoms with van der Waals surface area (Å²) in [6.45, 7) is 7.02. The normalized spacial score (nSPS) is 27.2. The summed E-state index contributed by atoms with van der Waals surface area (Å²) in [7, 11) is -10.1. The molecule has 5 N–H and O–H groups in total. The van der Waals surface area contributed by atoms with Crippen molar-refractivity contribution in [3.63, 3.8) is 0 Å². The van der Waals surface area contributed by atoms with Gasteiger partial charge < -0.3 is 20.4 Å². The van der Waals surface area contributed by atoms with Gasteiger partial charge in [0.2, 0.25) is 0 Å². The van der Waals surface area contributed by atoms with E-state index in [-0.39, 0.29) is 6.04 Å². The van der Waals surface area contributed by atoms with Crippen LogP contribution in [0.1, 0.15) is 40.5 Å². The zero-order valence-electron chi connectivity index (χ0n) is 11.9. The minimum absolute atomic E-state index is 0.111. The van der Waals surface area contributed by atoms with Crippen molar-refractivity contribution < 1.29 is 32.7 Å². The fraction of sp³-hybridized carbons (Fsp3) is 1.00. The van der Waals surface area contributed by atoms with Gasteiger partial charge in [0.25, 0.3) is 0 Å². The summed E-state index contributed by atoms with van der Waals surface area (Å²) in [5.74, 6) is 0. The van der Waals surface area contributed by atoms with Gasteiger partial charge in [0.15, 0.2) is 0 Å². The molecule has 9 nitrogen and oxygen atoms in total. The summed E-state index contributed by atoms with van der Waals surface area (Å²) in [4.78, 5) is 26.7. The average Bonchev–Trinajstić information content (AvgIpc) is 2.05. The molecule has 11 heteroatoms. The van der Waals surface area contributed by atoms with Gasteiger partial charge in [-0.05, 0) is 40.5 Å². The maximum atomic E-state index is 11.7. The van der Waals surface area contributed by atoms with Gasteiger partial charge in [0.1, 0.15) is 0 Å². The minimum Gasteiger partial charge on any atom is -0.328 e. The Balaban J connectivity index is 2.99. The van der Waals surface area contributed by atoms with E-state index in [0.29, 0.717) is 12.8 Å². The van der Waals surface area contributed by atoms with E-state index in [1.54, 1.807) is 27.7 Å². The first kappa shape index (κ1) is 18.2. The summed E-state index contributed by atoms with van der Waals surface area (Å²) < 4.78 is 31.1. The van der Waals surface area contributed by atoms with Crippen LogP contribution in [0.2, 0.25) is 0 Å². The Hall–Kier alpha value is 0.180. The molecular weight excluding hydrogens is 310 g/mol. The Morgan fingerprint density at radius 2 is 1.50 bits per heavy atom. The molecule has 0 saturated carbocycles. The molecule has 1 heterocycles. The molecule has 1 aliphatic rings. The van der Waals surface area contributed by atoms with Gasteiger partial charge in [0, 0.05) is 17.1 Å². The van der Waals surface area contributed by atoms with Crippen molar-refractivity contribution >= 4 is 15.6 Å². The number of phosphoric acid groups is 2. The summed E-state index contributed by atoms with van der Waals surface area (Å²) in [5.41, 5.74) is 4.55. The zero-order chi connectivity index (χ0) is 16.0. The number of hydrogen-bond acceptors (Lipinski definition) is 6. The van der Waals surface area contributed by atoms with Gasteiger partial charge in [-0.3, -0.25) is 0 Å². The topological polar surface area (TPSA) is 143 Å². The standard InChI is InChI=1S/C9H22N2O7P2/c1-8(2)5-7(10)6-9(3,4)11(8)17-20(15,16)18-19(12,13)14/h7H,5-6,10H2,1-4H3,(H,15,16)(H2,12,13,14). The Kier molecular flexibility index (Phi) is 4.95. The molecule has 20 heavy (non-hydrogen) atoms. The molecule has 120 valence electrons. The molecule has 1 atom stereocenters. The Morgan fingerprint density at radius 1 is 1.10 bits per heavy atom. The maximum Gasteiger partial charge on any atom is 0.497 e. The van der Waals surface area contributed by atoms with E-state index in [1.807, 2.05) is 0 Å². The lowest BCUT2D eigenvalue weighted by Gasteiger charge is -2.52. The first-order valence-corrected chi connectivity index (χ1v) is 9.03. The van der Waals surface area contributed by atoms with Crippen LogP contribution in [-0.2, 0) is 18.1 Å². The number of rotatable bonds is 4. The third kappa shape index (κ3) is 4.87. The third-order valence-corrected chi connectivity index (χ3v) is 5.06. The van der Waals surface area contributed by atoms with Crippen LogP contribution in [0.3, 0.4) is 0 Å². The summed E-state index contributed by atoms with van der Waals surface area (Å²) in [6, 6.07) is -0.111. The molecule has 0 spiro atoms. The average molecular weight is 332 g/mol. The van der Waals surface area contributed by atoms with Crippen LogP contribution in [0.15, 0.2) is 0 Å². The second-order valence-corrected chi connectivity index (χ2v) is 8.94. The van der Waals surface area contributed by atoms with Gasteiger partial charge >= 0.3 is 15.6 Å². The van der Waals surface area contributed by atoms with Crippen molar-refractivity contribution in [3.05, 3.63) is 0 Å². The van der Waals surface area contributed by atoms with Crippen LogP contribution >= 0.6 is 15.6 Å². The lowest BCUT2D eigenvalue weighted by atomic mass is 9.79. The second-order valence-electron chi connectivity index (χ2n) is 6.21. The molecule has 1 fully saturated rings. The van der Waals surface area contributed by atoms with Gasteiger partial charge in [-0.2, -0.15) is 14.0 Å². The molecule has 0 amide bonds. The first-order valence-electron chi connectivity index (χ1n) is 6.00. The monoisotopic (exact) mass is 332 g/mol. The Bertz CT molecular complexity index is 443. The lowest BCUT2D eigenvalue weighted by molar-refractivity contribution is -0.229. The molecule has 0 aliphatic carbocycles. The molecule has 0 aromatic carbocycles. The summed E-state index contributed by atoms with van der Waals surface area (Å²) in [5, 5.41) is 1.24. The number of piperidine rings is 1. The second kappa shape index (κ2) is 5.43. The highest BCUT2D eigenvalue weighted by atomic mass is 31.3. The van der Waals surface area contributed by atoms with Crippen LogP contribution in [0.5, 0.6) is 0 Å². The Labute approximate surface area is 117 Å². The lowest BCUT2D eigenvalue weighted by Crippen LogP contribution is -2.62. The highest BCUT2D eigenvalue weighted by molar-refractivity contribution is 7.60. The molecule has 1 aliphatic heterocycles. The predicted octanol–water partition coefficient (Wildman–Crippen LogP) is 1.11. The molecule has 0 bridgehead atoms. The van der Waals surface area contributed by atoms with Crippen LogP contribution in [0, 0.1) is 0 Å². The van der Waals surface area contributed by atoms with Crippen molar-refractivity contribution in [1.82, 2.24) is 5.06 Å². The van der Waals surface area contributed by atoms with E-state index in [0.717, 1.165) is 0 Å². The quantitative estimate of drug-likeness (QED) is 0.557. The number of hydroxylamine groups is 2. The van der Waals surface area contributed by atoms with E-state index < -0.39 is 26.7 Å². The fourth-order valence-electron chi connectivity index (χ4n) is 2.81. The van der Waals surface area contributed by atoms with Crippen molar-refractivity contribution in [1.29, 1.82) is 0 Å². The molecule has 0 aromatic rings. The van der Waals surface area contributed by atoms with E-state index in [9.17, 15) is 14.0 Å². The fourth-order valence-corrected chi connectivity index (χ4v) is 4.66. The van der Waals surface area contributed by atoms with Gasteiger partial charge in [-0.25, -0.2) is 9.13 Å². The largest absolute Gasteiger partial charge is 0.497 e. The molecule has 1 unspecified atom stereocenters. The smallest absolute Gasteiger partial charge is 0.328 e. The summed E-state index contributed by atoms with van der Waals surface area (Å²) >= 11 is 0. The van der Waals surface area contributed by atoms with E-state index in [2.05, 4.69) is 4.31 Å². The highest BCUT2D eigenvalue weighted by Crippen LogP contribution is 2.59. The van der Waals surface area contributed by atoms with Crippen molar-refractivity contribution in [2.75, 3.05) is 0 Å². The molecule has 1 saturated heterocycles. The summed E-state index contributed by atoms with van der Waals surface area (Å²) in [6.07, 6.45) is 0.985. The van der Waals surface area contributed by atoms with Crippen LogP contribution in [-0.4, -0.2) is 36.9 Å². The van der Waals surface area contributed by atoms with Crippen LogP contribution < -0.4 is 5.73 Å². The molecule has 1 rings (SSSR count). The Morgan fingerprint density at radius 3 is 1.85 bits per heavy atom. The minimum atomic E-state index is -5.14. The van der Waals surface area contributed by atoms with Crippen LogP contribution in [0.4, 0.5) is 0 Å². The van der Waals surface area contributed by atoms with Crippen molar-refractivity contribution in [2.45, 2.75) is 57.7 Å². The van der Waals surface area contributed by atoms with Crippen molar-refractivity contribution in [3.8, 4) is 0 Å². The number of nitrogens with two attached hydrogens (primary N) is 1. The zero-order valence-corrected chi connectivity index (χ0v) is 13.7.